The van der Waals surface area contributed by atoms with Crippen molar-refractivity contribution in [3.05, 3.63) is 48.6 Å². The molecule has 1 N–H and O–H groups in total. The Morgan fingerprint density at radius 3 is 2.39 bits per heavy atom. The summed E-state index contributed by atoms with van der Waals surface area (Å²) in [5.41, 5.74) is 0. The summed E-state index contributed by atoms with van der Waals surface area (Å²) in [5.74, 6) is -0.859. The second kappa shape index (κ2) is 12.9. The third kappa shape index (κ3) is 10.7. The Bertz CT molecular complexity index is 432. The molecule has 3 heteroatoms. The molecule has 0 aromatic rings. The van der Waals surface area contributed by atoms with Gasteiger partial charge in [-0.3, -0.25) is 0 Å². The molecule has 0 amide bonds. The molecule has 1 rings (SSSR count). The van der Waals surface area contributed by atoms with Gasteiger partial charge in [-0.15, -0.1) is 0 Å². The first-order chi connectivity index (χ1) is 11.3. The van der Waals surface area contributed by atoms with Crippen LogP contribution in [0.4, 0.5) is 0 Å². The van der Waals surface area contributed by atoms with Crippen LogP contribution in [0.15, 0.2) is 48.6 Å². The molecule has 1 heterocycles. The van der Waals surface area contributed by atoms with E-state index >= 15 is 0 Å². The summed E-state index contributed by atoms with van der Waals surface area (Å²) >= 11 is 0. The van der Waals surface area contributed by atoms with Gasteiger partial charge >= 0.3 is 5.97 Å². The van der Waals surface area contributed by atoms with Crippen LogP contribution in [0.25, 0.3) is 0 Å². The van der Waals surface area contributed by atoms with E-state index < -0.39 is 12.1 Å². The Morgan fingerprint density at radius 1 is 0.957 bits per heavy atom. The third-order valence-corrected chi connectivity index (χ3v) is 3.71. The van der Waals surface area contributed by atoms with Crippen molar-refractivity contribution in [2.75, 3.05) is 0 Å². The van der Waals surface area contributed by atoms with Gasteiger partial charge in [0.15, 0.2) is 6.10 Å². The van der Waals surface area contributed by atoms with Crippen molar-refractivity contribution in [2.24, 2.45) is 0 Å². The van der Waals surface area contributed by atoms with Gasteiger partial charge in [-0.05, 0) is 25.7 Å². The van der Waals surface area contributed by atoms with Crippen molar-refractivity contribution < 1.29 is 14.6 Å². The maximum atomic E-state index is 10.6. The van der Waals surface area contributed by atoms with Crippen LogP contribution in [0, 0.1) is 0 Å². The van der Waals surface area contributed by atoms with Gasteiger partial charge in [-0.25, -0.2) is 4.79 Å². The van der Waals surface area contributed by atoms with E-state index in [4.69, 9.17) is 9.84 Å². The number of rotatable bonds is 13. The van der Waals surface area contributed by atoms with Crippen LogP contribution in [0.3, 0.4) is 0 Å². The Morgan fingerprint density at radius 2 is 1.70 bits per heavy atom. The zero-order valence-corrected chi connectivity index (χ0v) is 14.2. The smallest absolute Gasteiger partial charge is 0.335 e. The second-order valence-corrected chi connectivity index (χ2v) is 5.82. The number of carboxylic acids is 1. The van der Waals surface area contributed by atoms with E-state index in [1.165, 1.54) is 38.5 Å². The number of carbonyl (C=O) groups is 1. The van der Waals surface area contributed by atoms with E-state index in [1.54, 1.807) is 0 Å². The lowest BCUT2D eigenvalue weighted by Gasteiger charge is -1.95. The number of hydrogen-bond donors (Lipinski definition) is 1. The van der Waals surface area contributed by atoms with E-state index in [1.807, 2.05) is 24.3 Å². The molecule has 1 saturated heterocycles. The first-order valence-corrected chi connectivity index (χ1v) is 8.77. The number of hydrogen-bond acceptors (Lipinski definition) is 2. The lowest BCUT2D eigenvalue weighted by atomic mass is 10.1. The highest BCUT2D eigenvalue weighted by molar-refractivity contribution is 5.75. The lowest BCUT2D eigenvalue weighted by molar-refractivity contribution is -0.138. The number of unbranched alkanes of at least 4 members (excludes halogenated alkanes) is 5. The van der Waals surface area contributed by atoms with Crippen LogP contribution in [0.5, 0.6) is 0 Å². The van der Waals surface area contributed by atoms with Crippen LogP contribution in [-0.4, -0.2) is 23.3 Å². The van der Waals surface area contributed by atoms with Gasteiger partial charge in [0, 0.05) is 0 Å². The van der Waals surface area contributed by atoms with Crippen molar-refractivity contribution in [1.82, 2.24) is 0 Å². The normalized spacial score (nSPS) is 21.3. The largest absolute Gasteiger partial charge is 0.479 e. The van der Waals surface area contributed by atoms with E-state index in [0.29, 0.717) is 6.42 Å². The highest BCUT2D eigenvalue weighted by atomic mass is 16.6. The van der Waals surface area contributed by atoms with Gasteiger partial charge in [0.2, 0.25) is 0 Å². The van der Waals surface area contributed by atoms with Crippen molar-refractivity contribution >= 4 is 5.97 Å². The number of aliphatic carboxylic acids is 1. The molecule has 0 aliphatic carbocycles. The summed E-state index contributed by atoms with van der Waals surface area (Å²) in [6, 6.07) is 0. The van der Waals surface area contributed by atoms with Crippen LogP contribution in [0.2, 0.25) is 0 Å². The SMILES string of the molecule is CCCCCCCC=CC=CC=CCC=CCC1OC1C(=O)O. The first-order valence-electron chi connectivity index (χ1n) is 8.77. The van der Waals surface area contributed by atoms with E-state index in [0.717, 1.165) is 6.42 Å². The van der Waals surface area contributed by atoms with Gasteiger partial charge in [0.05, 0.1) is 6.10 Å². The molecule has 0 bridgehead atoms. The van der Waals surface area contributed by atoms with Crippen molar-refractivity contribution in [1.29, 1.82) is 0 Å². The molecular weight excluding hydrogens is 288 g/mol. The molecule has 2 unspecified atom stereocenters. The van der Waals surface area contributed by atoms with Crippen LogP contribution in [0.1, 0.15) is 58.3 Å². The number of carboxylic acid groups (broad SMARTS) is 1. The van der Waals surface area contributed by atoms with Gasteiger partial charge < -0.3 is 9.84 Å². The topological polar surface area (TPSA) is 49.8 Å². The molecule has 0 radical (unpaired) electrons. The van der Waals surface area contributed by atoms with E-state index in [2.05, 4.69) is 31.2 Å². The zero-order chi connectivity index (χ0) is 16.8. The fourth-order valence-electron chi connectivity index (χ4n) is 2.27. The predicted molar refractivity (Wildman–Crippen MR) is 95.5 cm³/mol. The zero-order valence-electron chi connectivity index (χ0n) is 14.2. The fraction of sp³-hybridized carbons (Fsp3) is 0.550. The van der Waals surface area contributed by atoms with Gasteiger partial charge in [-0.1, -0.05) is 81.2 Å². The van der Waals surface area contributed by atoms with Crippen molar-refractivity contribution in [3.8, 4) is 0 Å². The first kappa shape index (κ1) is 19.4. The second-order valence-electron chi connectivity index (χ2n) is 5.82. The van der Waals surface area contributed by atoms with E-state index in [-0.39, 0.29) is 6.10 Å². The summed E-state index contributed by atoms with van der Waals surface area (Å²) in [5, 5.41) is 8.68. The Hall–Kier alpha value is -1.61. The molecule has 0 aromatic heterocycles. The fourth-order valence-corrected chi connectivity index (χ4v) is 2.27. The number of epoxide rings is 1. The molecule has 23 heavy (non-hydrogen) atoms. The van der Waals surface area contributed by atoms with E-state index in [9.17, 15) is 4.79 Å². The Balaban J connectivity index is 1.94. The molecule has 1 aliphatic rings. The lowest BCUT2D eigenvalue weighted by Crippen LogP contribution is -2.07. The van der Waals surface area contributed by atoms with Crippen molar-refractivity contribution in [3.63, 3.8) is 0 Å². The standard InChI is InChI=1S/C20H30O3/c1-2-3-4-5-6-7-8-9-10-11-12-13-14-15-16-17-18-19(23-18)20(21)22/h8-13,15-16,18-19H,2-7,14,17H2,1H3,(H,21,22). The Kier molecular flexibility index (Phi) is 10.9. The monoisotopic (exact) mass is 318 g/mol. The van der Waals surface area contributed by atoms with Crippen LogP contribution in [-0.2, 0) is 9.53 Å². The molecule has 0 saturated carbocycles. The third-order valence-electron chi connectivity index (χ3n) is 3.71. The van der Waals surface area contributed by atoms with Crippen molar-refractivity contribution in [2.45, 2.75) is 70.5 Å². The molecule has 0 aromatic carbocycles. The molecule has 0 spiro atoms. The quantitative estimate of drug-likeness (QED) is 0.220. The molecule has 1 fully saturated rings. The maximum Gasteiger partial charge on any atom is 0.335 e. The summed E-state index contributed by atoms with van der Waals surface area (Å²) < 4.78 is 5.01. The molecule has 128 valence electrons. The number of allylic oxidation sites excluding steroid dienone is 7. The predicted octanol–water partition coefficient (Wildman–Crippen LogP) is 5.20. The van der Waals surface area contributed by atoms with Crippen LogP contribution >= 0.6 is 0 Å². The minimum Gasteiger partial charge on any atom is -0.479 e. The van der Waals surface area contributed by atoms with Gasteiger partial charge in [0.1, 0.15) is 0 Å². The minimum absolute atomic E-state index is 0.125. The molecule has 1 aliphatic heterocycles. The Labute approximate surface area is 140 Å². The minimum atomic E-state index is -0.859. The highest BCUT2D eigenvalue weighted by Gasteiger charge is 2.43. The average molecular weight is 318 g/mol. The number of ether oxygens (including phenoxy) is 1. The molecule has 3 nitrogen and oxygen atoms in total. The van der Waals surface area contributed by atoms with Gasteiger partial charge in [-0.2, -0.15) is 0 Å². The summed E-state index contributed by atoms with van der Waals surface area (Å²) in [4.78, 5) is 10.6. The summed E-state index contributed by atoms with van der Waals surface area (Å²) in [6.07, 6.45) is 25.2. The van der Waals surface area contributed by atoms with Crippen LogP contribution < -0.4 is 0 Å². The maximum absolute atomic E-state index is 10.6. The summed E-state index contributed by atoms with van der Waals surface area (Å²) in [7, 11) is 0. The molecule has 2 atom stereocenters. The van der Waals surface area contributed by atoms with Gasteiger partial charge in [0.25, 0.3) is 0 Å². The highest BCUT2D eigenvalue weighted by Crippen LogP contribution is 2.25. The average Bonchev–Trinajstić information content (AvgIpc) is 3.31. The molecular formula is C20H30O3. The summed E-state index contributed by atoms with van der Waals surface area (Å²) in [6.45, 7) is 2.24.